The van der Waals surface area contributed by atoms with Crippen molar-refractivity contribution in [1.29, 1.82) is 0 Å². The van der Waals surface area contributed by atoms with Gasteiger partial charge in [0.1, 0.15) is 21.7 Å². The number of hydrogen-bond donors (Lipinski definition) is 1. The molecular weight excluding hydrogens is 452 g/mol. The smallest absolute Gasteiger partial charge is 0.328 e. The molecule has 0 bridgehead atoms. The number of aromatic amines is 1. The summed E-state index contributed by atoms with van der Waals surface area (Å²) < 4.78 is 13.6. The molecular formula is C25H26N4O4S. The zero-order valence-electron chi connectivity index (χ0n) is 19.2. The van der Waals surface area contributed by atoms with Crippen LogP contribution in [-0.4, -0.2) is 53.3 Å². The van der Waals surface area contributed by atoms with E-state index in [1.54, 1.807) is 26.5 Å². The summed E-state index contributed by atoms with van der Waals surface area (Å²) in [5.41, 5.74) is 3.14. The van der Waals surface area contributed by atoms with Crippen LogP contribution in [0.15, 0.2) is 40.1 Å². The summed E-state index contributed by atoms with van der Waals surface area (Å²) in [6, 6.07) is 8.10. The van der Waals surface area contributed by atoms with E-state index in [1.807, 2.05) is 6.07 Å². The van der Waals surface area contributed by atoms with Gasteiger partial charge in [-0.25, -0.2) is 4.79 Å². The first-order valence-electron chi connectivity index (χ1n) is 11.6. The Morgan fingerprint density at radius 3 is 2.76 bits per heavy atom. The molecule has 8 nitrogen and oxygen atoms in total. The lowest BCUT2D eigenvalue weighted by Crippen LogP contribution is -2.38. The lowest BCUT2D eigenvalue weighted by atomic mass is 9.77. The van der Waals surface area contributed by atoms with Crippen LogP contribution in [0.2, 0.25) is 0 Å². The van der Waals surface area contributed by atoms with Gasteiger partial charge in [-0.3, -0.25) is 14.3 Å². The number of hydrogen-bond acceptors (Lipinski definition) is 7. The van der Waals surface area contributed by atoms with Crippen LogP contribution in [-0.2, 0) is 13.0 Å². The molecule has 1 saturated heterocycles. The Balaban J connectivity index is 1.27. The third-order valence-corrected chi connectivity index (χ3v) is 8.56. The van der Waals surface area contributed by atoms with Gasteiger partial charge in [-0.05, 0) is 42.0 Å². The molecule has 0 saturated carbocycles. The summed E-state index contributed by atoms with van der Waals surface area (Å²) in [6.07, 6.45) is 3.79. The molecule has 176 valence electrons. The minimum absolute atomic E-state index is 0.268. The molecule has 1 fully saturated rings. The fourth-order valence-corrected chi connectivity index (χ4v) is 6.89. The van der Waals surface area contributed by atoms with Gasteiger partial charge >= 0.3 is 5.69 Å². The molecule has 0 amide bonds. The van der Waals surface area contributed by atoms with Crippen LogP contribution in [0.3, 0.4) is 0 Å². The van der Waals surface area contributed by atoms with Crippen LogP contribution in [0.4, 0.5) is 0 Å². The quantitative estimate of drug-likeness (QED) is 0.474. The number of aromatic nitrogens is 3. The molecule has 6 rings (SSSR count). The monoisotopic (exact) mass is 478 g/mol. The van der Waals surface area contributed by atoms with Crippen molar-refractivity contribution in [2.24, 2.45) is 5.92 Å². The van der Waals surface area contributed by atoms with Gasteiger partial charge in [0.25, 0.3) is 5.56 Å². The molecule has 1 aromatic carbocycles. The number of thiophene rings is 1. The van der Waals surface area contributed by atoms with Crippen molar-refractivity contribution in [3.63, 3.8) is 0 Å². The average Bonchev–Trinajstić information content (AvgIpc) is 3.45. The Morgan fingerprint density at radius 2 is 1.94 bits per heavy atom. The van der Waals surface area contributed by atoms with E-state index in [2.05, 4.69) is 27.0 Å². The molecule has 34 heavy (non-hydrogen) atoms. The number of nitrogens with one attached hydrogen (secondary N) is 1. The highest BCUT2D eigenvalue weighted by atomic mass is 32.1. The van der Waals surface area contributed by atoms with E-state index in [9.17, 15) is 9.59 Å². The molecule has 0 spiro atoms. The minimum atomic E-state index is -0.395. The number of fused-ring (bicyclic) bond motifs is 6. The number of methoxy groups -OCH3 is 2. The van der Waals surface area contributed by atoms with Crippen LogP contribution in [0.25, 0.3) is 20.4 Å². The summed E-state index contributed by atoms with van der Waals surface area (Å²) in [5.74, 6) is 2.69. The average molecular weight is 479 g/mol. The van der Waals surface area contributed by atoms with Crippen molar-refractivity contribution < 1.29 is 9.47 Å². The van der Waals surface area contributed by atoms with Gasteiger partial charge in [0.2, 0.25) is 0 Å². The van der Waals surface area contributed by atoms with Crippen molar-refractivity contribution in [3.05, 3.63) is 62.4 Å². The predicted octanol–water partition coefficient (Wildman–Crippen LogP) is 2.98. The van der Waals surface area contributed by atoms with Crippen molar-refractivity contribution in [3.8, 4) is 11.5 Å². The largest absolute Gasteiger partial charge is 0.496 e. The fourth-order valence-electron chi connectivity index (χ4n) is 5.74. The number of pyridine rings is 1. The molecule has 1 aliphatic carbocycles. The third-order valence-electron chi connectivity index (χ3n) is 7.38. The fraction of sp³-hybridized carbons (Fsp3) is 0.400. The molecule has 3 aromatic heterocycles. The van der Waals surface area contributed by atoms with E-state index in [1.165, 1.54) is 27.0 Å². The van der Waals surface area contributed by atoms with Crippen molar-refractivity contribution in [2.75, 3.05) is 33.9 Å². The maximum atomic E-state index is 13.3. The van der Waals surface area contributed by atoms with Gasteiger partial charge in [-0.15, -0.1) is 11.3 Å². The van der Waals surface area contributed by atoms with Crippen molar-refractivity contribution >= 4 is 31.8 Å². The van der Waals surface area contributed by atoms with E-state index >= 15 is 0 Å². The van der Waals surface area contributed by atoms with E-state index < -0.39 is 5.69 Å². The highest BCUT2D eigenvalue weighted by Gasteiger charge is 2.38. The van der Waals surface area contributed by atoms with Gasteiger partial charge in [-0.1, -0.05) is 12.1 Å². The summed E-state index contributed by atoms with van der Waals surface area (Å²) >= 11 is 1.32. The molecule has 1 N–H and O–H groups in total. The van der Waals surface area contributed by atoms with Gasteiger partial charge in [0.05, 0.1) is 24.4 Å². The number of ether oxygens (including phenoxy) is 2. The minimum Gasteiger partial charge on any atom is -0.496 e. The number of H-pyrrole nitrogens is 1. The Labute approximate surface area is 199 Å². The molecule has 2 atom stereocenters. The number of benzene rings is 1. The molecule has 4 heterocycles. The second-order valence-electron chi connectivity index (χ2n) is 9.08. The van der Waals surface area contributed by atoms with E-state index in [0.29, 0.717) is 46.4 Å². The first-order valence-corrected chi connectivity index (χ1v) is 12.4. The van der Waals surface area contributed by atoms with Crippen molar-refractivity contribution in [2.45, 2.75) is 25.3 Å². The molecule has 4 aromatic rings. The van der Waals surface area contributed by atoms with Gasteiger partial charge in [0.15, 0.2) is 0 Å². The van der Waals surface area contributed by atoms with Gasteiger partial charge in [-0.2, -0.15) is 0 Å². The lowest BCUT2D eigenvalue weighted by Gasteiger charge is -2.28. The Hall–Kier alpha value is -3.17. The number of nitrogens with zero attached hydrogens (tertiary/aromatic N) is 3. The Bertz CT molecular complexity index is 1520. The third kappa shape index (κ3) is 3.25. The van der Waals surface area contributed by atoms with Crippen LogP contribution in [0.1, 0.15) is 23.5 Å². The maximum Gasteiger partial charge on any atom is 0.328 e. The molecule has 2 aliphatic rings. The Kier molecular flexibility index (Phi) is 5.18. The highest BCUT2D eigenvalue weighted by molar-refractivity contribution is 7.26. The SMILES string of the molecule is COc1cccc2c1CC[C@H]1CN(CCn3c(=O)[nH]c4c(sc5c(OC)ccnc54)c3=O)C[C@@H]21. The first-order chi connectivity index (χ1) is 16.6. The standard InChI is InChI=1S/C25H26N4O4S/c1-32-18-5-3-4-15-16(18)7-6-14-12-28(13-17(14)15)10-11-29-24(30)23-21(27-25(29)31)20-22(34-23)19(33-2)8-9-26-20/h3-5,8-9,14,17H,6-7,10-13H2,1-2H3,(H,27,31)/t14-,17+/m0/s1. The zero-order valence-corrected chi connectivity index (χ0v) is 20.0. The number of likely N-dealkylation sites (tertiary alicyclic amines) is 1. The van der Waals surface area contributed by atoms with E-state index in [0.717, 1.165) is 36.4 Å². The van der Waals surface area contributed by atoms with Crippen molar-refractivity contribution in [1.82, 2.24) is 19.4 Å². The molecule has 1 aliphatic heterocycles. The number of rotatable bonds is 5. The lowest BCUT2D eigenvalue weighted by molar-refractivity contribution is 0.303. The van der Waals surface area contributed by atoms with Crippen LogP contribution >= 0.6 is 11.3 Å². The van der Waals surface area contributed by atoms with E-state index in [-0.39, 0.29) is 5.56 Å². The van der Waals surface area contributed by atoms with Crippen LogP contribution in [0, 0.1) is 5.92 Å². The zero-order chi connectivity index (χ0) is 23.4. The predicted molar refractivity (Wildman–Crippen MR) is 133 cm³/mol. The maximum absolute atomic E-state index is 13.3. The summed E-state index contributed by atoms with van der Waals surface area (Å²) in [5, 5.41) is 0. The van der Waals surface area contributed by atoms with Gasteiger partial charge < -0.3 is 19.4 Å². The van der Waals surface area contributed by atoms with Gasteiger partial charge in [0, 0.05) is 38.3 Å². The second-order valence-corrected chi connectivity index (χ2v) is 10.1. The second kappa shape index (κ2) is 8.25. The topological polar surface area (TPSA) is 89.4 Å². The summed E-state index contributed by atoms with van der Waals surface area (Å²) in [6.45, 7) is 2.94. The summed E-state index contributed by atoms with van der Waals surface area (Å²) in [7, 11) is 3.32. The van der Waals surface area contributed by atoms with Crippen LogP contribution in [0.5, 0.6) is 11.5 Å². The highest BCUT2D eigenvalue weighted by Crippen LogP contribution is 2.44. The van der Waals surface area contributed by atoms with Crippen LogP contribution < -0.4 is 20.7 Å². The molecule has 0 radical (unpaired) electrons. The normalized spacial score (nSPS) is 19.9. The molecule has 9 heteroatoms. The summed E-state index contributed by atoms with van der Waals surface area (Å²) in [4.78, 5) is 35.8. The molecule has 0 unspecified atom stereocenters. The van der Waals surface area contributed by atoms with E-state index in [4.69, 9.17) is 9.47 Å². The first kappa shape index (κ1) is 21.4. The Morgan fingerprint density at radius 1 is 1.09 bits per heavy atom.